The number of aromatic nitrogens is 4. The van der Waals surface area contributed by atoms with E-state index in [1.54, 1.807) is 39.0 Å². The lowest BCUT2D eigenvalue weighted by molar-refractivity contribution is -0.126. The Kier molecular flexibility index (Phi) is 14.4. The SMILES string of the molecule is C.C.C[C@H](C(=O)Nc1nc2ccc(C#N)cc2n1C1CCC1)C(C)(C)O.C[C@H](C(=O)Nc1nc2ccc(C#N)cc2n1C1CCC1)C(C)(C)O[Si](C)(C)C(C)(C)C. The Hall–Kier alpha value is -4.56. The zero-order chi connectivity index (χ0) is 40.7. The number of rotatable bonds is 10. The smallest absolute Gasteiger partial charge is 0.232 e. The fourth-order valence-electron chi connectivity index (χ4n) is 6.50. The largest absolute Gasteiger partial charge is 0.411 e. The molecule has 6 rings (SSSR count). The lowest BCUT2D eigenvalue weighted by Gasteiger charge is -2.44. The second kappa shape index (κ2) is 17.5. The average Bonchev–Trinajstić information content (AvgIpc) is 3.57. The molecule has 3 N–H and O–H groups in total. The van der Waals surface area contributed by atoms with Gasteiger partial charge in [0.05, 0.1) is 68.4 Å². The van der Waals surface area contributed by atoms with Crippen LogP contribution in [0, 0.1) is 34.5 Å². The van der Waals surface area contributed by atoms with Crippen molar-refractivity contribution in [3.05, 3.63) is 47.5 Å². The molecule has 0 aliphatic heterocycles. The van der Waals surface area contributed by atoms with E-state index < -0.39 is 25.4 Å². The van der Waals surface area contributed by atoms with Crippen LogP contribution in [0.15, 0.2) is 36.4 Å². The number of benzene rings is 2. The molecule has 2 aliphatic rings. The number of hydrogen-bond donors (Lipinski definition) is 3. The molecule has 0 spiro atoms. The van der Waals surface area contributed by atoms with Crippen molar-refractivity contribution >= 4 is 54.1 Å². The van der Waals surface area contributed by atoms with E-state index in [1.807, 2.05) is 43.5 Å². The van der Waals surface area contributed by atoms with E-state index >= 15 is 0 Å². The summed E-state index contributed by atoms with van der Waals surface area (Å²) in [4.78, 5) is 35.0. The number of anilines is 2. The predicted molar refractivity (Wildman–Crippen MR) is 232 cm³/mol. The molecule has 13 heteroatoms. The zero-order valence-corrected chi connectivity index (χ0v) is 35.4. The molecule has 2 fully saturated rings. The number of nitrogens with zero attached hydrogens (tertiary/aromatic N) is 6. The van der Waals surface area contributed by atoms with Crippen LogP contribution in [0.5, 0.6) is 0 Å². The fourth-order valence-corrected chi connectivity index (χ4v) is 8.30. The first-order valence-electron chi connectivity index (χ1n) is 19.5. The number of nitriles is 2. The van der Waals surface area contributed by atoms with Crippen molar-refractivity contribution in [1.82, 2.24) is 19.1 Å². The first-order valence-corrected chi connectivity index (χ1v) is 22.4. The number of nitrogens with one attached hydrogen (secondary N) is 2. The molecule has 2 heterocycles. The maximum atomic E-state index is 13.3. The highest BCUT2D eigenvalue weighted by Crippen LogP contribution is 2.42. The molecule has 2 aliphatic carbocycles. The number of imidazole rings is 2. The molecule has 0 saturated heterocycles. The van der Waals surface area contributed by atoms with Crippen LogP contribution in [0.4, 0.5) is 11.9 Å². The molecule has 2 atom stereocenters. The van der Waals surface area contributed by atoms with Gasteiger partial charge in [0.1, 0.15) is 0 Å². The van der Waals surface area contributed by atoms with Crippen molar-refractivity contribution in [2.45, 2.75) is 157 Å². The molecule has 2 aromatic carbocycles. The van der Waals surface area contributed by atoms with E-state index in [9.17, 15) is 20.0 Å². The van der Waals surface area contributed by atoms with Crippen molar-refractivity contribution < 1.29 is 19.1 Å². The van der Waals surface area contributed by atoms with Gasteiger partial charge in [0.15, 0.2) is 8.32 Å². The van der Waals surface area contributed by atoms with Crippen LogP contribution in [0.3, 0.4) is 0 Å². The average molecular weight is 799 g/mol. The first-order chi connectivity index (χ1) is 25.6. The van der Waals surface area contributed by atoms with E-state index in [1.165, 1.54) is 6.42 Å². The molecule has 2 saturated carbocycles. The Morgan fingerprint density at radius 3 is 1.47 bits per heavy atom. The number of fused-ring (bicyclic) bond motifs is 2. The topological polar surface area (TPSA) is 171 Å². The van der Waals surface area contributed by atoms with Crippen molar-refractivity contribution in [3.63, 3.8) is 0 Å². The summed E-state index contributed by atoms with van der Waals surface area (Å²) in [7, 11) is -2.03. The molecule has 0 radical (unpaired) electrons. The molecular formula is C44H66N8O4Si. The molecule has 0 bridgehead atoms. The standard InChI is InChI=1S/C24H36N4O2Si.C18H22N4O2.2CH4/c1-16(24(5,6)30-31(7,8)23(2,3)4)21(29)27-22-26-19-13-12-17(15-25)14-20(19)28(22)18-10-9-11-18;1-11(18(2,3)24)16(23)21-17-20-14-8-7-12(10-19)9-15(14)22(17)13-5-4-6-13;;/h12-14,16,18H,9-11H2,1-8H3,(H,26,27,29);7-9,11,13,24H,4-6H2,1-3H3,(H,20,21,23);2*1H4/t16-;11-;;/m11../s1. The molecule has 4 aromatic rings. The molecule has 2 aromatic heterocycles. The van der Waals surface area contributed by atoms with E-state index in [0.29, 0.717) is 29.1 Å². The lowest BCUT2D eigenvalue weighted by Crippen LogP contribution is -2.52. The summed E-state index contributed by atoms with van der Waals surface area (Å²) in [6, 6.07) is 15.8. The highest BCUT2D eigenvalue weighted by atomic mass is 28.4. The predicted octanol–water partition coefficient (Wildman–Crippen LogP) is 10.3. The lowest BCUT2D eigenvalue weighted by atomic mass is 9.92. The van der Waals surface area contributed by atoms with Gasteiger partial charge in [-0.3, -0.25) is 20.2 Å². The van der Waals surface area contributed by atoms with Crippen molar-refractivity contribution in [2.24, 2.45) is 11.8 Å². The van der Waals surface area contributed by atoms with Gasteiger partial charge in [-0.2, -0.15) is 10.5 Å². The molecular weight excluding hydrogens is 733 g/mol. The maximum Gasteiger partial charge on any atom is 0.232 e. The maximum absolute atomic E-state index is 13.3. The van der Waals surface area contributed by atoms with Gasteiger partial charge in [-0.25, -0.2) is 9.97 Å². The van der Waals surface area contributed by atoms with Crippen LogP contribution >= 0.6 is 0 Å². The summed E-state index contributed by atoms with van der Waals surface area (Å²) in [5.74, 6) is -0.229. The normalized spacial score (nSPS) is 16.0. The van der Waals surface area contributed by atoms with E-state index in [-0.39, 0.29) is 43.7 Å². The van der Waals surface area contributed by atoms with Gasteiger partial charge in [0.2, 0.25) is 23.7 Å². The van der Waals surface area contributed by atoms with Crippen LogP contribution in [-0.2, 0) is 14.0 Å². The van der Waals surface area contributed by atoms with Crippen molar-refractivity contribution in [2.75, 3.05) is 10.6 Å². The summed E-state index contributed by atoms with van der Waals surface area (Å²) in [6.07, 6.45) is 6.49. The van der Waals surface area contributed by atoms with Crippen LogP contribution < -0.4 is 10.6 Å². The molecule has 2 amide bonds. The van der Waals surface area contributed by atoms with E-state index in [2.05, 4.69) is 66.2 Å². The minimum atomic E-state index is -2.03. The minimum absolute atomic E-state index is 0. The third-order valence-electron chi connectivity index (χ3n) is 12.2. The van der Waals surface area contributed by atoms with E-state index in [0.717, 1.165) is 54.2 Å². The molecule has 57 heavy (non-hydrogen) atoms. The molecule has 12 nitrogen and oxygen atoms in total. The highest BCUT2D eigenvalue weighted by Gasteiger charge is 2.45. The summed E-state index contributed by atoms with van der Waals surface area (Å²) < 4.78 is 10.8. The number of amides is 2. The summed E-state index contributed by atoms with van der Waals surface area (Å²) in [5.41, 5.74) is 2.79. The monoisotopic (exact) mass is 798 g/mol. The van der Waals surface area contributed by atoms with Crippen LogP contribution in [0.2, 0.25) is 18.1 Å². The van der Waals surface area contributed by atoms with Gasteiger partial charge in [-0.15, -0.1) is 0 Å². The Balaban J connectivity index is 0.000000303. The van der Waals surface area contributed by atoms with E-state index in [4.69, 9.17) is 14.7 Å². The summed E-state index contributed by atoms with van der Waals surface area (Å²) >= 11 is 0. The number of carbonyl (C=O) groups is 2. The number of aliphatic hydroxyl groups is 1. The van der Waals surface area contributed by atoms with Crippen LogP contribution in [-0.4, -0.2) is 55.5 Å². The number of carbonyl (C=O) groups excluding carboxylic acids is 2. The molecule has 0 unspecified atom stereocenters. The van der Waals surface area contributed by atoms with Gasteiger partial charge in [0.25, 0.3) is 0 Å². The Labute approximate surface area is 341 Å². The van der Waals surface area contributed by atoms with Gasteiger partial charge in [-0.1, -0.05) is 49.5 Å². The quantitative estimate of drug-likeness (QED) is 0.133. The fraction of sp³-hybridized carbons (Fsp3) is 0.591. The Morgan fingerprint density at radius 1 is 0.772 bits per heavy atom. The van der Waals surface area contributed by atoms with Crippen molar-refractivity contribution in [3.8, 4) is 12.1 Å². The van der Waals surface area contributed by atoms with Gasteiger partial charge in [0, 0.05) is 12.1 Å². The minimum Gasteiger partial charge on any atom is -0.411 e. The van der Waals surface area contributed by atoms with Crippen LogP contribution in [0.1, 0.15) is 139 Å². The summed E-state index contributed by atoms with van der Waals surface area (Å²) in [6.45, 7) is 21.9. The second-order valence-corrected chi connectivity index (χ2v) is 22.7. The third-order valence-corrected chi connectivity index (χ3v) is 16.8. The van der Waals surface area contributed by atoms with Crippen LogP contribution in [0.25, 0.3) is 22.1 Å². The Morgan fingerprint density at radius 2 is 1.16 bits per heavy atom. The van der Waals surface area contributed by atoms with Gasteiger partial charge >= 0.3 is 0 Å². The highest BCUT2D eigenvalue weighted by molar-refractivity contribution is 6.74. The summed E-state index contributed by atoms with van der Waals surface area (Å²) in [5, 5.41) is 34.5. The van der Waals surface area contributed by atoms with Crippen molar-refractivity contribution in [1.29, 1.82) is 10.5 Å². The van der Waals surface area contributed by atoms with Gasteiger partial charge < -0.3 is 18.7 Å². The second-order valence-electron chi connectivity index (χ2n) is 18.0. The Bertz CT molecular complexity index is 2150. The zero-order valence-electron chi connectivity index (χ0n) is 34.4. The van der Waals surface area contributed by atoms with Gasteiger partial charge in [-0.05, 0) is 121 Å². The number of hydrogen-bond acceptors (Lipinski definition) is 8. The first kappa shape index (κ1) is 46.8. The third kappa shape index (κ3) is 9.94. The molecule has 310 valence electrons.